The van der Waals surface area contributed by atoms with Gasteiger partial charge in [0, 0.05) is 19.3 Å². The molecule has 1 fully saturated rings. The number of amides is 2. The van der Waals surface area contributed by atoms with Crippen LogP contribution in [0.25, 0.3) is 0 Å². The summed E-state index contributed by atoms with van der Waals surface area (Å²) in [7, 11) is 4.99. The molecular weight excluding hydrogens is 278 g/mol. The lowest BCUT2D eigenvalue weighted by molar-refractivity contribution is 0.259. The highest BCUT2D eigenvalue weighted by atomic mass is 32.2. The number of nitrogens with zero attached hydrogens (tertiary/aromatic N) is 2. The summed E-state index contributed by atoms with van der Waals surface area (Å²) in [5.41, 5.74) is 0.484. The van der Waals surface area contributed by atoms with E-state index >= 15 is 0 Å². The Kier molecular flexibility index (Phi) is 4.73. The normalized spacial score (nSPS) is 16.4. The number of carbonyl (C=O) groups is 1. The van der Waals surface area contributed by atoms with Gasteiger partial charge in [-0.3, -0.25) is 5.32 Å². The summed E-state index contributed by atoms with van der Waals surface area (Å²) in [5.74, 6) is 2.01. The quantitative estimate of drug-likeness (QED) is 0.927. The van der Waals surface area contributed by atoms with Crippen LogP contribution in [0, 0.1) is 0 Å². The Morgan fingerprint density at radius 2 is 2.00 bits per heavy atom. The molecule has 0 unspecified atom stereocenters. The molecule has 1 aromatic rings. The zero-order valence-corrected chi connectivity index (χ0v) is 12.5. The Bertz CT molecular complexity index is 511. The van der Waals surface area contributed by atoms with Crippen molar-refractivity contribution in [1.82, 2.24) is 4.90 Å². The molecule has 108 valence electrons. The molecule has 2 amide bonds. The molecular formula is C13H17N3O3S. The van der Waals surface area contributed by atoms with Gasteiger partial charge in [-0.25, -0.2) is 4.79 Å². The first-order valence-corrected chi connectivity index (χ1v) is 7.09. The molecule has 0 radical (unpaired) electrons. The van der Waals surface area contributed by atoms with Gasteiger partial charge in [-0.05, 0) is 12.1 Å². The van der Waals surface area contributed by atoms with Crippen LogP contribution in [-0.2, 0) is 0 Å². The van der Waals surface area contributed by atoms with E-state index in [1.165, 1.54) is 14.2 Å². The summed E-state index contributed by atoms with van der Waals surface area (Å²) >= 11 is 1.56. The van der Waals surface area contributed by atoms with E-state index in [1.54, 1.807) is 30.0 Å². The van der Waals surface area contributed by atoms with Crippen LogP contribution in [0.4, 0.5) is 10.5 Å². The van der Waals surface area contributed by atoms with Gasteiger partial charge in [0.05, 0.1) is 14.2 Å². The van der Waals surface area contributed by atoms with Crippen LogP contribution in [0.15, 0.2) is 23.2 Å². The number of amidine groups is 1. The number of rotatable bonds is 3. The van der Waals surface area contributed by atoms with Crippen molar-refractivity contribution in [3.05, 3.63) is 18.2 Å². The van der Waals surface area contributed by atoms with E-state index in [2.05, 4.69) is 10.3 Å². The zero-order valence-electron chi connectivity index (χ0n) is 11.7. The standard InChI is InChI=1S/C13H17N3O3S/c1-16-7-8-20-13(16)15-12(17)14-11-9(18-2)5-4-6-10(11)19-3/h4-6H,7-8H2,1-3H3,(H,14,17). The zero-order chi connectivity index (χ0) is 14.5. The number of hydrogen-bond donors (Lipinski definition) is 1. The molecule has 2 rings (SSSR count). The average molecular weight is 295 g/mol. The number of aliphatic imine (C=N–C) groups is 1. The van der Waals surface area contributed by atoms with Crippen molar-refractivity contribution in [3.8, 4) is 11.5 Å². The summed E-state index contributed by atoms with van der Waals surface area (Å²) in [6.45, 7) is 0.898. The second-order valence-electron chi connectivity index (χ2n) is 4.13. The molecule has 7 heteroatoms. The van der Waals surface area contributed by atoms with Gasteiger partial charge in [0.15, 0.2) is 5.17 Å². The minimum Gasteiger partial charge on any atom is -0.494 e. The SMILES string of the molecule is COc1cccc(OC)c1NC(=O)N=C1SCCN1C. The molecule has 0 saturated carbocycles. The number of hydrogen-bond acceptors (Lipinski definition) is 4. The average Bonchev–Trinajstić information content (AvgIpc) is 2.84. The summed E-state index contributed by atoms with van der Waals surface area (Å²) < 4.78 is 10.4. The summed E-state index contributed by atoms with van der Waals surface area (Å²) in [4.78, 5) is 18.0. The van der Waals surface area contributed by atoms with E-state index in [-0.39, 0.29) is 0 Å². The molecule has 1 saturated heterocycles. The first-order chi connectivity index (χ1) is 9.65. The lowest BCUT2D eigenvalue weighted by Gasteiger charge is -2.13. The fourth-order valence-corrected chi connectivity index (χ4v) is 2.80. The number of anilines is 1. The van der Waals surface area contributed by atoms with Crippen LogP contribution in [0.3, 0.4) is 0 Å². The van der Waals surface area contributed by atoms with Gasteiger partial charge < -0.3 is 14.4 Å². The lowest BCUT2D eigenvalue weighted by Crippen LogP contribution is -2.21. The second-order valence-corrected chi connectivity index (χ2v) is 5.19. The smallest absolute Gasteiger partial charge is 0.348 e. The maximum absolute atomic E-state index is 12.0. The van der Waals surface area contributed by atoms with E-state index in [9.17, 15) is 4.79 Å². The number of ether oxygens (including phenoxy) is 2. The Hall–Kier alpha value is -1.89. The predicted molar refractivity (Wildman–Crippen MR) is 81.1 cm³/mol. The number of benzene rings is 1. The molecule has 1 aromatic carbocycles. The number of para-hydroxylation sites is 1. The molecule has 0 aromatic heterocycles. The van der Waals surface area contributed by atoms with Gasteiger partial charge in [0.2, 0.25) is 0 Å². The Labute approximate surface area is 122 Å². The maximum atomic E-state index is 12.0. The van der Waals surface area contributed by atoms with Crippen molar-refractivity contribution in [2.75, 3.05) is 38.9 Å². The molecule has 1 aliphatic heterocycles. The topological polar surface area (TPSA) is 63.2 Å². The van der Waals surface area contributed by atoms with Crippen LogP contribution in [0.1, 0.15) is 0 Å². The summed E-state index contributed by atoms with van der Waals surface area (Å²) in [6, 6.07) is 4.85. The van der Waals surface area contributed by atoms with Crippen molar-refractivity contribution >= 4 is 28.6 Å². The van der Waals surface area contributed by atoms with Crippen LogP contribution < -0.4 is 14.8 Å². The third kappa shape index (κ3) is 3.16. The van der Waals surface area contributed by atoms with E-state index in [4.69, 9.17) is 9.47 Å². The Morgan fingerprint density at radius 1 is 1.35 bits per heavy atom. The second kappa shape index (κ2) is 6.51. The largest absolute Gasteiger partial charge is 0.494 e. The fourth-order valence-electron chi connectivity index (χ4n) is 1.79. The minimum absolute atomic E-state index is 0.441. The molecule has 0 spiro atoms. The van der Waals surface area contributed by atoms with Gasteiger partial charge in [-0.2, -0.15) is 4.99 Å². The van der Waals surface area contributed by atoms with Crippen molar-refractivity contribution < 1.29 is 14.3 Å². The van der Waals surface area contributed by atoms with E-state index in [1.807, 2.05) is 11.9 Å². The van der Waals surface area contributed by atoms with Crippen LogP contribution in [0.2, 0.25) is 0 Å². The van der Waals surface area contributed by atoms with Crippen molar-refractivity contribution in [3.63, 3.8) is 0 Å². The van der Waals surface area contributed by atoms with E-state index in [0.717, 1.165) is 17.5 Å². The number of methoxy groups -OCH3 is 2. The molecule has 0 aliphatic carbocycles. The molecule has 6 nitrogen and oxygen atoms in total. The first kappa shape index (κ1) is 14.5. The maximum Gasteiger partial charge on any atom is 0.348 e. The summed E-state index contributed by atoms with van der Waals surface area (Å²) in [6.07, 6.45) is 0. The Morgan fingerprint density at radius 3 is 2.50 bits per heavy atom. The number of nitrogens with one attached hydrogen (secondary N) is 1. The first-order valence-electron chi connectivity index (χ1n) is 6.10. The summed E-state index contributed by atoms with van der Waals surface area (Å²) in [5, 5.41) is 3.43. The van der Waals surface area contributed by atoms with Crippen LogP contribution in [-0.4, -0.2) is 49.7 Å². The van der Waals surface area contributed by atoms with Crippen LogP contribution in [0.5, 0.6) is 11.5 Å². The van der Waals surface area contributed by atoms with Gasteiger partial charge in [-0.1, -0.05) is 17.8 Å². The molecule has 1 N–H and O–H groups in total. The van der Waals surface area contributed by atoms with Gasteiger partial charge in [0.25, 0.3) is 0 Å². The molecule has 20 heavy (non-hydrogen) atoms. The highest BCUT2D eigenvalue weighted by Gasteiger charge is 2.18. The fraction of sp³-hybridized carbons (Fsp3) is 0.385. The van der Waals surface area contributed by atoms with E-state index in [0.29, 0.717) is 17.2 Å². The minimum atomic E-state index is -0.441. The third-order valence-electron chi connectivity index (χ3n) is 2.84. The highest BCUT2D eigenvalue weighted by Crippen LogP contribution is 2.34. The van der Waals surface area contributed by atoms with Crippen molar-refractivity contribution in [2.45, 2.75) is 0 Å². The third-order valence-corrected chi connectivity index (χ3v) is 3.89. The number of urea groups is 1. The number of thioether (sulfide) groups is 1. The Balaban J connectivity index is 2.19. The molecule has 0 bridgehead atoms. The van der Waals surface area contributed by atoms with Crippen LogP contribution >= 0.6 is 11.8 Å². The highest BCUT2D eigenvalue weighted by molar-refractivity contribution is 8.14. The van der Waals surface area contributed by atoms with Gasteiger partial charge >= 0.3 is 6.03 Å². The monoisotopic (exact) mass is 295 g/mol. The van der Waals surface area contributed by atoms with Gasteiger partial charge in [-0.15, -0.1) is 0 Å². The molecule has 1 aliphatic rings. The predicted octanol–water partition coefficient (Wildman–Crippen LogP) is 2.27. The lowest BCUT2D eigenvalue weighted by atomic mass is 10.2. The van der Waals surface area contributed by atoms with Crippen molar-refractivity contribution in [1.29, 1.82) is 0 Å². The van der Waals surface area contributed by atoms with E-state index < -0.39 is 6.03 Å². The number of carbonyl (C=O) groups excluding carboxylic acids is 1. The van der Waals surface area contributed by atoms with Gasteiger partial charge in [0.1, 0.15) is 17.2 Å². The molecule has 1 heterocycles. The van der Waals surface area contributed by atoms with Crippen molar-refractivity contribution in [2.24, 2.45) is 4.99 Å². The molecule has 0 atom stereocenters.